The van der Waals surface area contributed by atoms with Crippen molar-refractivity contribution in [3.05, 3.63) is 45.7 Å². The second kappa shape index (κ2) is 6.31. The summed E-state index contributed by atoms with van der Waals surface area (Å²) in [4.78, 5) is 26.1. The van der Waals surface area contributed by atoms with Crippen LogP contribution in [0.2, 0.25) is 0 Å². The van der Waals surface area contributed by atoms with Crippen LogP contribution in [0.3, 0.4) is 0 Å². The summed E-state index contributed by atoms with van der Waals surface area (Å²) in [7, 11) is 0. The summed E-state index contributed by atoms with van der Waals surface area (Å²) in [5.74, 6) is -1.64. The number of aromatic carboxylic acids is 1. The van der Waals surface area contributed by atoms with E-state index in [1.807, 2.05) is 0 Å². The Balaban J connectivity index is 1.91. The number of carboxylic acids is 1. The minimum atomic E-state index is -1.12. The second-order valence-electron chi connectivity index (χ2n) is 4.22. The Morgan fingerprint density at radius 1 is 1.43 bits per heavy atom. The van der Waals surface area contributed by atoms with Gasteiger partial charge in [-0.05, 0) is 24.6 Å². The summed E-state index contributed by atoms with van der Waals surface area (Å²) < 4.78 is 13.5. The Morgan fingerprint density at radius 2 is 2.19 bits per heavy atom. The Morgan fingerprint density at radius 3 is 2.81 bits per heavy atom. The number of rotatable bonds is 4. The number of aromatic nitrogens is 1. The van der Waals surface area contributed by atoms with Crippen LogP contribution >= 0.6 is 11.3 Å². The molecule has 1 heterocycles. The molecule has 0 saturated heterocycles. The molecule has 2 aromatic rings. The second-order valence-corrected chi connectivity index (χ2v) is 5.17. The molecule has 6 nitrogen and oxygen atoms in total. The first kappa shape index (κ1) is 14.9. The van der Waals surface area contributed by atoms with E-state index in [-0.39, 0.29) is 17.9 Å². The Labute approximate surface area is 123 Å². The highest BCUT2D eigenvalue weighted by molar-refractivity contribution is 7.09. The molecule has 0 aliphatic rings. The molecule has 2 rings (SSSR count). The van der Waals surface area contributed by atoms with Gasteiger partial charge in [-0.25, -0.2) is 19.0 Å². The van der Waals surface area contributed by atoms with Crippen molar-refractivity contribution in [1.82, 2.24) is 10.3 Å². The fourth-order valence-electron chi connectivity index (χ4n) is 1.53. The van der Waals surface area contributed by atoms with Gasteiger partial charge in [0.05, 0.1) is 12.2 Å². The number of aryl methyl sites for hydroxylation is 1. The first-order valence-electron chi connectivity index (χ1n) is 5.94. The molecule has 1 aromatic carbocycles. The van der Waals surface area contributed by atoms with Crippen molar-refractivity contribution in [2.75, 3.05) is 5.32 Å². The third-order valence-electron chi connectivity index (χ3n) is 2.54. The molecule has 0 aliphatic heterocycles. The summed E-state index contributed by atoms with van der Waals surface area (Å²) in [5.41, 5.74) is 0.757. The number of thiazole rings is 1. The largest absolute Gasteiger partial charge is 0.476 e. The monoisotopic (exact) mass is 309 g/mol. The molecule has 2 amide bonds. The summed E-state index contributed by atoms with van der Waals surface area (Å²) in [6.45, 7) is 1.81. The van der Waals surface area contributed by atoms with E-state index in [9.17, 15) is 14.0 Å². The van der Waals surface area contributed by atoms with Crippen molar-refractivity contribution in [3.8, 4) is 0 Å². The minimum Gasteiger partial charge on any atom is -0.476 e. The smallest absolute Gasteiger partial charge is 0.355 e. The van der Waals surface area contributed by atoms with Crippen LogP contribution < -0.4 is 10.6 Å². The fourth-order valence-corrected chi connectivity index (χ4v) is 2.24. The maximum Gasteiger partial charge on any atom is 0.355 e. The summed E-state index contributed by atoms with van der Waals surface area (Å²) in [6, 6.07) is 3.87. The topological polar surface area (TPSA) is 91.3 Å². The standard InChI is InChI=1S/C13H12FN3O3S/c1-7-2-3-9(8(14)4-7)17-13(20)15-5-11-16-10(6-21-11)12(18)19/h2-4,6H,5H2,1H3,(H,18,19)(H2,15,17,20). The number of halogens is 1. The molecule has 0 saturated carbocycles. The number of hydrogen-bond acceptors (Lipinski definition) is 4. The molecule has 21 heavy (non-hydrogen) atoms. The van der Waals surface area contributed by atoms with Crippen LogP contribution in [0.25, 0.3) is 0 Å². The highest BCUT2D eigenvalue weighted by Crippen LogP contribution is 2.15. The van der Waals surface area contributed by atoms with Gasteiger partial charge in [0.2, 0.25) is 0 Å². The van der Waals surface area contributed by atoms with Crippen molar-refractivity contribution in [1.29, 1.82) is 0 Å². The first-order valence-corrected chi connectivity index (χ1v) is 6.82. The van der Waals surface area contributed by atoms with Gasteiger partial charge in [0, 0.05) is 5.38 Å². The van der Waals surface area contributed by atoms with Crippen LogP contribution in [0.15, 0.2) is 23.6 Å². The Bertz CT molecular complexity index is 687. The quantitative estimate of drug-likeness (QED) is 0.809. The van der Waals surface area contributed by atoms with Crippen molar-refractivity contribution >= 4 is 29.0 Å². The number of nitrogens with zero attached hydrogens (tertiary/aromatic N) is 1. The van der Waals surface area contributed by atoms with E-state index in [0.717, 1.165) is 16.9 Å². The minimum absolute atomic E-state index is 0.0667. The summed E-state index contributed by atoms with van der Waals surface area (Å²) in [6.07, 6.45) is 0. The van der Waals surface area contributed by atoms with E-state index in [0.29, 0.717) is 5.01 Å². The molecule has 1 aromatic heterocycles. The molecule has 0 unspecified atom stereocenters. The van der Waals surface area contributed by atoms with Crippen molar-refractivity contribution in [3.63, 3.8) is 0 Å². The Hall–Kier alpha value is -2.48. The van der Waals surface area contributed by atoms with Crippen LogP contribution in [-0.2, 0) is 6.54 Å². The predicted molar refractivity (Wildman–Crippen MR) is 76.1 cm³/mol. The zero-order valence-electron chi connectivity index (χ0n) is 11.0. The summed E-state index contributed by atoms with van der Waals surface area (Å²) in [5, 5.41) is 15.4. The number of anilines is 1. The normalized spacial score (nSPS) is 10.2. The van der Waals surface area contributed by atoms with E-state index >= 15 is 0 Å². The number of carbonyl (C=O) groups excluding carboxylic acids is 1. The maximum absolute atomic E-state index is 13.5. The molecule has 0 spiro atoms. The van der Waals surface area contributed by atoms with Gasteiger partial charge in [0.15, 0.2) is 5.69 Å². The van der Waals surface area contributed by atoms with Crippen LogP contribution in [0.4, 0.5) is 14.9 Å². The third kappa shape index (κ3) is 3.99. The highest BCUT2D eigenvalue weighted by Gasteiger charge is 2.10. The van der Waals surface area contributed by atoms with Crippen LogP contribution in [0.1, 0.15) is 21.1 Å². The predicted octanol–water partition coefficient (Wildman–Crippen LogP) is 2.61. The van der Waals surface area contributed by atoms with Crippen molar-refractivity contribution < 1.29 is 19.1 Å². The average molecular weight is 309 g/mol. The zero-order valence-corrected chi connectivity index (χ0v) is 11.8. The summed E-state index contributed by atoms with van der Waals surface area (Å²) >= 11 is 1.12. The van der Waals surface area contributed by atoms with Gasteiger partial charge in [-0.2, -0.15) is 0 Å². The molecular formula is C13H12FN3O3S. The maximum atomic E-state index is 13.5. The number of amides is 2. The van der Waals surface area contributed by atoms with Crippen LogP contribution in [0.5, 0.6) is 0 Å². The van der Waals surface area contributed by atoms with Gasteiger partial charge in [-0.15, -0.1) is 11.3 Å². The molecule has 110 valence electrons. The van der Waals surface area contributed by atoms with Crippen molar-refractivity contribution in [2.24, 2.45) is 0 Å². The van der Waals surface area contributed by atoms with Crippen molar-refractivity contribution in [2.45, 2.75) is 13.5 Å². The molecule has 0 atom stereocenters. The number of carbonyl (C=O) groups is 2. The number of nitrogens with one attached hydrogen (secondary N) is 2. The van der Waals surface area contributed by atoms with E-state index < -0.39 is 17.8 Å². The average Bonchev–Trinajstić information content (AvgIpc) is 2.89. The molecule has 3 N–H and O–H groups in total. The third-order valence-corrected chi connectivity index (χ3v) is 3.39. The van der Waals surface area contributed by atoms with Crippen LogP contribution in [0, 0.1) is 12.7 Å². The van der Waals surface area contributed by atoms with E-state index in [1.54, 1.807) is 13.0 Å². The molecule has 8 heteroatoms. The van der Waals surface area contributed by atoms with E-state index in [2.05, 4.69) is 15.6 Å². The SMILES string of the molecule is Cc1ccc(NC(=O)NCc2nc(C(=O)O)cs2)c(F)c1. The zero-order chi connectivity index (χ0) is 15.4. The fraction of sp³-hybridized carbons (Fsp3) is 0.154. The lowest BCUT2D eigenvalue weighted by atomic mass is 10.2. The number of benzene rings is 1. The molecule has 0 aliphatic carbocycles. The van der Waals surface area contributed by atoms with E-state index in [4.69, 9.17) is 5.11 Å². The molecule has 0 radical (unpaired) electrons. The first-order chi connectivity index (χ1) is 9.95. The van der Waals surface area contributed by atoms with E-state index in [1.165, 1.54) is 17.5 Å². The lowest BCUT2D eigenvalue weighted by molar-refractivity contribution is 0.0691. The highest BCUT2D eigenvalue weighted by atomic mass is 32.1. The van der Waals surface area contributed by atoms with Gasteiger partial charge in [0.25, 0.3) is 0 Å². The van der Waals surface area contributed by atoms with Crippen LogP contribution in [-0.4, -0.2) is 22.1 Å². The van der Waals surface area contributed by atoms with Gasteiger partial charge >= 0.3 is 12.0 Å². The Kier molecular flexibility index (Phi) is 4.49. The van der Waals surface area contributed by atoms with Gasteiger partial charge in [-0.1, -0.05) is 6.07 Å². The number of urea groups is 1. The molecular weight excluding hydrogens is 297 g/mol. The molecule has 0 bridgehead atoms. The van der Waals surface area contributed by atoms with Gasteiger partial charge < -0.3 is 15.7 Å². The number of carboxylic acid groups (broad SMARTS) is 1. The molecule has 0 fully saturated rings. The van der Waals surface area contributed by atoms with Gasteiger partial charge in [-0.3, -0.25) is 0 Å². The lowest BCUT2D eigenvalue weighted by Crippen LogP contribution is -2.28. The number of hydrogen-bond donors (Lipinski definition) is 3. The lowest BCUT2D eigenvalue weighted by Gasteiger charge is -2.07. The van der Waals surface area contributed by atoms with Gasteiger partial charge in [0.1, 0.15) is 10.8 Å².